The molecule has 0 bridgehead atoms. The van der Waals surface area contributed by atoms with E-state index in [1.807, 2.05) is 0 Å². The van der Waals surface area contributed by atoms with Gasteiger partial charge >= 0.3 is 0 Å². The molecule has 0 saturated heterocycles. The summed E-state index contributed by atoms with van der Waals surface area (Å²) in [6.07, 6.45) is 0. The molecule has 3 aromatic rings. The number of aromatic nitrogens is 1. The van der Waals surface area contributed by atoms with Crippen LogP contribution in [0.2, 0.25) is 0 Å². The third-order valence-corrected chi connectivity index (χ3v) is 5.91. The predicted octanol–water partition coefficient (Wildman–Crippen LogP) is 5.25. The zero-order chi connectivity index (χ0) is 23.5. The van der Waals surface area contributed by atoms with E-state index in [2.05, 4.69) is 29.7 Å². The maximum absolute atomic E-state index is 11.3. The summed E-state index contributed by atoms with van der Waals surface area (Å²) in [5, 5.41) is 32.3. The van der Waals surface area contributed by atoms with Gasteiger partial charge in [-0.3, -0.25) is 0 Å². The number of hydrogen-bond donors (Lipinski definition) is 2. The van der Waals surface area contributed by atoms with Crippen molar-refractivity contribution in [3.63, 3.8) is 0 Å². The van der Waals surface area contributed by atoms with Gasteiger partial charge < -0.3 is 10.0 Å². The minimum absolute atomic E-state index is 0.0468. The molecule has 0 atom stereocenters. The maximum atomic E-state index is 11.3. The van der Waals surface area contributed by atoms with E-state index in [1.165, 1.54) is 36.4 Å². The number of anilines is 1. The largest absolute Gasteiger partial charge is 0.506 e. The molecule has 3 N–H and O–H groups in total. The molecule has 11 nitrogen and oxygen atoms in total. The summed E-state index contributed by atoms with van der Waals surface area (Å²) < 4.78 is 26.8. The third-order valence-electron chi connectivity index (χ3n) is 4.17. The van der Waals surface area contributed by atoms with E-state index in [9.17, 15) is 13.5 Å². The van der Waals surface area contributed by atoms with Gasteiger partial charge in [-0.25, -0.2) is 22.8 Å². The summed E-state index contributed by atoms with van der Waals surface area (Å²) in [7, 11) is -0.244. The minimum Gasteiger partial charge on any atom is -0.506 e. The molecule has 13 heteroatoms. The molecule has 0 aliphatic rings. The minimum atomic E-state index is -3.81. The van der Waals surface area contributed by atoms with E-state index in [-0.39, 0.29) is 16.3 Å². The molecular formula is C19H18N8O3S2. The summed E-state index contributed by atoms with van der Waals surface area (Å²) in [5.74, 6) is -0.131. The summed E-state index contributed by atoms with van der Waals surface area (Å²) in [6, 6.07) is 8.47. The average Bonchev–Trinajstić information content (AvgIpc) is 3.10. The third kappa shape index (κ3) is 5.11. The first-order chi connectivity index (χ1) is 15.1. The van der Waals surface area contributed by atoms with Crippen molar-refractivity contribution in [3.8, 4) is 5.75 Å². The Morgan fingerprint density at radius 3 is 2.34 bits per heavy atom. The van der Waals surface area contributed by atoms with E-state index in [1.54, 1.807) is 25.9 Å². The topological polar surface area (TPSA) is 150 Å². The standard InChI is InChI=1S/C19H18N8O3S2/c1-11-18(21-2)19(31-26-11)25-23-14-9-15(17(28)10-16(14)27(3)4)24-22-12-5-7-13(8-6-12)32(20,29)30/h5-10,28H,1,3-4H3,(H2,20,29,30). The van der Waals surface area contributed by atoms with Gasteiger partial charge in [0.15, 0.2) is 5.00 Å². The molecule has 0 amide bonds. The summed E-state index contributed by atoms with van der Waals surface area (Å²) in [6.45, 7) is 8.99. The van der Waals surface area contributed by atoms with Crippen molar-refractivity contribution in [3.05, 3.63) is 53.5 Å². The highest BCUT2D eigenvalue weighted by Gasteiger charge is 2.14. The summed E-state index contributed by atoms with van der Waals surface area (Å²) in [5.41, 5.74) is 2.39. The summed E-state index contributed by atoms with van der Waals surface area (Å²) in [4.78, 5) is 5.13. The lowest BCUT2D eigenvalue weighted by Crippen LogP contribution is -2.11. The van der Waals surface area contributed by atoms with Crippen LogP contribution >= 0.6 is 11.5 Å². The van der Waals surface area contributed by atoms with Crippen molar-refractivity contribution in [2.75, 3.05) is 19.0 Å². The van der Waals surface area contributed by atoms with Gasteiger partial charge in [-0.2, -0.15) is 5.11 Å². The predicted molar refractivity (Wildman–Crippen MR) is 122 cm³/mol. The van der Waals surface area contributed by atoms with Crippen LogP contribution in [0.5, 0.6) is 5.75 Å². The number of nitrogens with zero attached hydrogens (tertiary/aromatic N) is 7. The SMILES string of the molecule is [C-]#[N+]c1c(C)nsc1N=Nc1cc(N=Nc2ccc(S(N)(=O)=O)cc2)c(O)cc1N(C)C. The van der Waals surface area contributed by atoms with Crippen LogP contribution in [0.4, 0.5) is 33.4 Å². The second kappa shape index (κ2) is 9.18. The molecule has 164 valence electrons. The first-order valence-corrected chi connectivity index (χ1v) is 11.3. The van der Waals surface area contributed by atoms with Crippen LogP contribution in [0.25, 0.3) is 4.85 Å². The number of aromatic hydroxyl groups is 1. The van der Waals surface area contributed by atoms with Gasteiger partial charge in [-0.05, 0) is 48.8 Å². The lowest BCUT2D eigenvalue weighted by atomic mass is 10.2. The van der Waals surface area contributed by atoms with Crippen molar-refractivity contribution in [1.29, 1.82) is 0 Å². The zero-order valence-corrected chi connectivity index (χ0v) is 18.9. The molecule has 3 rings (SSSR count). The number of primary sulfonamides is 1. The van der Waals surface area contributed by atoms with Crippen LogP contribution in [-0.2, 0) is 10.0 Å². The molecular weight excluding hydrogens is 452 g/mol. The number of sulfonamides is 1. The lowest BCUT2D eigenvalue weighted by molar-refractivity contribution is 0.476. The Hall–Kier alpha value is -3.73. The second-order valence-electron chi connectivity index (χ2n) is 6.70. The first-order valence-electron chi connectivity index (χ1n) is 8.94. The van der Waals surface area contributed by atoms with Gasteiger partial charge in [0.25, 0.3) is 0 Å². The van der Waals surface area contributed by atoms with Crippen LogP contribution in [0.15, 0.2) is 61.8 Å². The normalized spacial score (nSPS) is 11.8. The molecule has 1 aromatic heterocycles. The van der Waals surface area contributed by atoms with Crippen LogP contribution in [0.3, 0.4) is 0 Å². The van der Waals surface area contributed by atoms with Gasteiger partial charge in [0.2, 0.25) is 15.7 Å². The first kappa shape index (κ1) is 22.9. The van der Waals surface area contributed by atoms with Crippen molar-refractivity contribution < 1.29 is 13.5 Å². The van der Waals surface area contributed by atoms with E-state index in [0.717, 1.165) is 11.5 Å². The Kier molecular flexibility index (Phi) is 6.58. The molecule has 0 spiro atoms. The van der Waals surface area contributed by atoms with E-state index in [4.69, 9.17) is 11.7 Å². The number of aryl methyl sites for hydroxylation is 1. The van der Waals surface area contributed by atoms with Gasteiger partial charge in [-0.1, -0.05) is 0 Å². The highest BCUT2D eigenvalue weighted by atomic mass is 32.2. The highest BCUT2D eigenvalue weighted by Crippen LogP contribution is 2.42. The van der Waals surface area contributed by atoms with Gasteiger partial charge in [0, 0.05) is 20.2 Å². The quantitative estimate of drug-likeness (QED) is 0.372. The van der Waals surface area contributed by atoms with Crippen molar-refractivity contribution in [2.45, 2.75) is 11.8 Å². The smallest absolute Gasteiger partial charge is 0.247 e. The molecule has 0 aliphatic carbocycles. The Morgan fingerprint density at radius 2 is 1.75 bits per heavy atom. The maximum Gasteiger partial charge on any atom is 0.247 e. The lowest BCUT2D eigenvalue weighted by Gasteiger charge is -2.15. The fourth-order valence-corrected chi connectivity index (χ4v) is 3.72. The monoisotopic (exact) mass is 470 g/mol. The molecule has 0 unspecified atom stereocenters. The molecule has 32 heavy (non-hydrogen) atoms. The van der Waals surface area contributed by atoms with Crippen molar-refractivity contribution in [2.24, 2.45) is 25.6 Å². The Balaban J connectivity index is 1.96. The Morgan fingerprint density at radius 1 is 1.09 bits per heavy atom. The Bertz CT molecular complexity index is 1350. The number of benzene rings is 2. The fraction of sp³-hybridized carbons (Fsp3) is 0.158. The van der Waals surface area contributed by atoms with E-state index < -0.39 is 10.0 Å². The number of azo groups is 2. The molecule has 0 fully saturated rings. The molecule has 1 heterocycles. The van der Waals surface area contributed by atoms with E-state index >= 15 is 0 Å². The molecule has 0 saturated carbocycles. The van der Waals surface area contributed by atoms with Crippen LogP contribution < -0.4 is 10.0 Å². The molecule has 2 aromatic carbocycles. The van der Waals surface area contributed by atoms with Crippen LogP contribution in [0.1, 0.15) is 5.69 Å². The van der Waals surface area contributed by atoms with Crippen LogP contribution in [-0.4, -0.2) is 32.0 Å². The van der Waals surface area contributed by atoms with Crippen molar-refractivity contribution in [1.82, 2.24) is 4.37 Å². The number of phenols is 1. The van der Waals surface area contributed by atoms with Gasteiger partial charge in [0.05, 0.1) is 28.5 Å². The number of nitrogens with two attached hydrogens (primary N) is 1. The highest BCUT2D eigenvalue weighted by molar-refractivity contribution is 7.89. The number of rotatable bonds is 6. The fourth-order valence-electron chi connectivity index (χ4n) is 2.53. The summed E-state index contributed by atoms with van der Waals surface area (Å²) >= 11 is 1.07. The average molecular weight is 471 g/mol. The van der Waals surface area contributed by atoms with Crippen LogP contribution in [0, 0.1) is 13.5 Å². The van der Waals surface area contributed by atoms with Gasteiger partial charge in [0.1, 0.15) is 17.1 Å². The second-order valence-corrected chi connectivity index (χ2v) is 9.01. The molecule has 0 radical (unpaired) electrons. The van der Waals surface area contributed by atoms with Crippen molar-refractivity contribution >= 4 is 55.0 Å². The Labute approximate surface area is 188 Å². The molecule has 0 aliphatic heterocycles. The number of hydrogen-bond acceptors (Lipinski definition) is 10. The zero-order valence-electron chi connectivity index (χ0n) is 17.3. The van der Waals surface area contributed by atoms with Gasteiger partial charge in [-0.15, -0.1) is 15.3 Å². The number of phenolic OH excluding ortho intramolecular Hbond substituents is 1. The van der Waals surface area contributed by atoms with E-state index in [0.29, 0.717) is 33.4 Å².